The third kappa shape index (κ3) is 2.69. The second kappa shape index (κ2) is 5.04. The number of amides is 1. The highest BCUT2D eigenvalue weighted by Crippen LogP contribution is 2.43. The molecule has 0 aromatic rings. The standard InChI is InChI=1S/C14H24N2OS/c15-13(17)14(16-10-5-6-10)8-7-12(9-14)18-11-3-1-2-4-11/h10-12,16H,1-9H2,(H2,15,17). The van der Waals surface area contributed by atoms with Gasteiger partial charge < -0.3 is 11.1 Å². The molecular formula is C14H24N2OS. The van der Waals surface area contributed by atoms with Crippen LogP contribution in [0.5, 0.6) is 0 Å². The minimum Gasteiger partial charge on any atom is -0.368 e. The number of thioether (sulfide) groups is 1. The van der Waals surface area contributed by atoms with E-state index < -0.39 is 0 Å². The summed E-state index contributed by atoms with van der Waals surface area (Å²) in [6, 6.07) is 0.563. The van der Waals surface area contributed by atoms with Gasteiger partial charge in [0.25, 0.3) is 0 Å². The van der Waals surface area contributed by atoms with E-state index in [0.717, 1.165) is 24.5 Å². The average molecular weight is 268 g/mol. The van der Waals surface area contributed by atoms with E-state index in [4.69, 9.17) is 5.73 Å². The van der Waals surface area contributed by atoms with E-state index in [-0.39, 0.29) is 11.4 Å². The van der Waals surface area contributed by atoms with Crippen molar-refractivity contribution in [3.05, 3.63) is 0 Å². The molecule has 0 radical (unpaired) electrons. The van der Waals surface area contributed by atoms with Crippen LogP contribution in [0.3, 0.4) is 0 Å². The summed E-state index contributed by atoms with van der Waals surface area (Å²) in [5.41, 5.74) is 5.29. The smallest absolute Gasteiger partial charge is 0.237 e. The Hall–Kier alpha value is -0.220. The Morgan fingerprint density at radius 3 is 2.44 bits per heavy atom. The molecule has 0 aromatic carbocycles. The van der Waals surface area contributed by atoms with Gasteiger partial charge in [-0.15, -0.1) is 0 Å². The summed E-state index contributed by atoms with van der Waals surface area (Å²) in [6.45, 7) is 0. The predicted molar refractivity (Wildman–Crippen MR) is 75.6 cm³/mol. The molecule has 0 aromatic heterocycles. The summed E-state index contributed by atoms with van der Waals surface area (Å²) in [5.74, 6) is -0.121. The number of rotatable bonds is 5. The van der Waals surface area contributed by atoms with Gasteiger partial charge >= 0.3 is 0 Å². The van der Waals surface area contributed by atoms with Crippen molar-refractivity contribution in [2.24, 2.45) is 5.73 Å². The van der Waals surface area contributed by atoms with E-state index in [1.807, 2.05) is 0 Å². The molecule has 3 saturated carbocycles. The Labute approximate surface area is 114 Å². The van der Waals surface area contributed by atoms with Gasteiger partial charge in [0.05, 0.1) is 5.54 Å². The van der Waals surface area contributed by atoms with E-state index >= 15 is 0 Å². The van der Waals surface area contributed by atoms with Gasteiger partial charge in [0.2, 0.25) is 5.91 Å². The fourth-order valence-corrected chi connectivity index (χ4v) is 5.24. The zero-order valence-corrected chi connectivity index (χ0v) is 11.8. The van der Waals surface area contributed by atoms with Crippen molar-refractivity contribution < 1.29 is 4.79 Å². The molecule has 102 valence electrons. The van der Waals surface area contributed by atoms with Crippen molar-refractivity contribution in [2.75, 3.05) is 0 Å². The van der Waals surface area contributed by atoms with Crippen LogP contribution in [0.4, 0.5) is 0 Å². The fourth-order valence-electron chi connectivity index (χ4n) is 3.46. The highest BCUT2D eigenvalue weighted by Gasteiger charge is 2.47. The molecule has 3 rings (SSSR count). The van der Waals surface area contributed by atoms with E-state index in [1.165, 1.54) is 38.5 Å². The van der Waals surface area contributed by atoms with Crippen molar-refractivity contribution in [1.82, 2.24) is 5.32 Å². The average Bonchev–Trinajstić information content (AvgIpc) is 2.84. The third-order valence-corrected chi connectivity index (χ3v) is 6.33. The largest absolute Gasteiger partial charge is 0.368 e. The molecule has 3 fully saturated rings. The third-order valence-electron chi connectivity index (χ3n) is 4.69. The second-order valence-electron chi connectivity index (χ2n) is 6.27. The minimum atomic E-state index is -0.378. The van der Waals surface area contributed by atoms with E-state index in [1.54, 1.807) is 0 Å². The molecule has 18 heavy (non-hydrogen) atoms. The molecule has 3 aliphatic carbocycles. The van der Waals surface area contributed by atoms with E-state index in [2.05, 4.69) is 17.1 Å². The molecule has 3 N–H and O–H groups in total. The number of hydrogen-bond donors (Lipinski definition) is 2. The van der Waals surface area contributed by atoms with Crippen molar-refractivity contribution in [1.29, 1.82) is 0 Å². The van der Waals surface area contributed by atoms with Gasteiger partial charge in [-0.2, -0.15) is 11.8 Å². The van der Waals surface area contributed by atoms with Gasteiger partial charge in [-0.25, -0.2) is 0 Å². The van der Waals surface area contributed by atoms with Crippen molar-refractivity contribution in [2.45, 2.75) is 79.9 Å². The summed E-state index contributed by atoms with van der Waals surface area (Å²) in [6.07, 6.45) is 11.0. The zero-order chi connectivity index (χ0) is 12.6. The summed E-state index contributed by atoms with van der Waals surface area (Å²) in [5, 5.41) is 5.02. The summed E-state index contributed by atoms with van der Waals surface area (Å²) in [4.78, 5) is 11.8. The van der Waals surface area contributed by atoms with Crippen LogP contribution < -0.4 is 11.1 Å². The molecule has 2 unspecified atom stereocenters. The number of nitrogens with one attached hydrogen (secondary N) is 1. The number of nitrogens with two attached hydrogens (primary N) is 1. The lowest BCUT2D eigenvalue weighted by atomic mass is 9.96. The van der Waals surface area contributed by atoms with Gasteiger partial charge in [-0.05, 0) is 44.9 Å². The van der Waals surface area contributed by atoms with Crippen LogP contribution in [0.25, 0.3) is 0 Å². The topological polar surface area (TPSA) is 55.1 Å². The highest BCUT2D eigenvalue weighted by atomic mass is 32.2. The molecular weight excluding hydrogens is 244 g/mol. The molecule has 0 spiro atoms. The van der Waals surface area contributed by atoms with Gasteiger partial charge in [0.1, 0.15) is 0 Å². The maximum absolute atomic E-state index is 11.8. The second-order valence-corrected chi connectivity index (χ2v) is 7.88. The first-order chi connectivity index (χ1) is 8.68. The first-order valence-electron chi connectivity index (χ1n) is 7.41. The number of carbonyl (C=O) groups excluding carboxylic acids is 1. The lowest BCUT2D eigenvalue weighted by Gasteiger charge is -2.27. The Bertz CT molecular complexity index is 326. The Morgan fingerprint density at radius 1 is 1.11 bits per heavy atom. The van der Waals surface area contributed by atoms with Crippen LogP contribution in [-0.2, 0) is 4.79 Å². The van der Waals surface area contributed by atoms with Gasteiger partial charge in [-0.3, -0.25) is 4.79 Å². The molecule has 1 amide bonds. The molecule has 4 heteroatoms. The molecule has 0 heterocycles. The van der Waals surface area contributed by atoms with Crippen LogP contribution in [0.2, 0.25) is 0 Å². The predicted octanol–water partition coefficient (Wildman–Crippen LogP) is 2.19. The maximum Gasteiger partial charge on any atom is 0.237 e. The maximum atomic E-state index is 11.8. The van der Waals surface area contributed by atoms with Crippen LogP contribution in [0, 0.1) is 0 Å². The Morgan fingerprint density at radius 2 is 1.83 bits per heavy atom. The van der Waals surface area contributed by atoms with Gasteiger partial charge in [-0.1, -0.05) is 12.8 Å². The SMILES string of the molecule is NC(=O)C1(NC2CC2)CCC(SC2CCCC2)C1. The number of carbonyl (C=O) groups is 1. The highest BCUT2D eigenvalue weighted by molar-refractivity contribution is 8.00. The van der Waals surface area contributed by atoms with E-state index in [0.29, 0.717) is 11.3 Å². The van der Waals surface area contributed by atoms with Gasteiger partial charge in [0.15, 0.2) is 0 Å². The number of primary amides is 1. The van der Waals surface area contributed by atoms with Crippen molar-refractivity contribution in [3.63, 3.8) is 0 Å². The van der Waals surface area contributed by atoms with Gasteiger partial charge in [0, 0.05) is 16.5 Å². The molecule has 3 aliphatic rings. The van der Waals surface area contributed by atoms with E-state index in [9.17, 15) is 4.79 Å². The quantitative estimate of drug-likeness (QED) is 0.803. The lowest BCUT2D eigenvalue weighted by Crippen LogP contribution is -2.54. The summed E-state index contributed by atoms with van der Waals surface area (Å²) >= 11 is 2.13. The first-order valence-corrected chi connectivity index (χ1v) is 8.35. The van der Waals surface area contributed by atoms with Crippen LogP contribution >= 0.6 is 11.8 Å². The molecule has 0 aliphatic heterocycles. The lowest BCUT2D eigenvalue weighted by molar-refractivity contribution is -0.124. The Balaban J connectivity index is 1.58. The minimum absolute atomic E-state index is 0.121. The van der Waals surface area contributed by atoms with Crippen LogP contribution in [0.1, 0.15) is 57.8 Å². The molecule has 0 bridgehead atoms. The molecule has 0 saturated heterocycles. The normalized spacial score (nSPS) is 37.2. The number of hydrogen-bond acceptors (Lipinski definition) is 3. The summed E-state index contributed by atoms with van der Waals surface area (Å²) < 4.78 is 0. The van der Waals surface area contributed by atoms with Crippen molar-refractivity contribution in [3.8, 4) is 0 Å². The zero-order valence-electron chi connectivity index (χ0n) is 11.0. The molecule has 2 atom stereocenters. The Kier molecular flexibility index (Phi) is 3.59. The first kappa shape index (κ1) is 12.8. The molecule has 3 nitrogen and oxygen atoms in total. The van der Waals surface area contributed by atoms with Crippen molar-refractivity contribution >= 4 is 17.7 Å². The van der Waals surface area contributed by atoms with Crippen LogP contribution in [0.15, 0.2) is 0 Å². The monoisotopic (exact) mass is 268 g/mol. The fraction of sp³-hybridized carbons (Fsp3) is 0.929. The van der Waals surface area contributed by atoms with Crippen LogP contribution in [-0.4, -0.2) is 28.0 Å². The summed E-state index contributed by atoms with van der Waals surface area (Å²) in [7, 11) is 0.